The van der Waals surface area contributed by atoms with Gasteiger partial charge in [-0.3, -0.25) is 4.79 Å². The Hall–Kier alpha value is -1.31. The molecule has 0 saturated carbocycles. The van der Waals surface area contributed by atoms with Gasteiger partial charge < -0.3 is 0 Å². The van der Waals surface area contributed by atoms with Crippen LogP contribution in [-0.2, 0) is 16.2 Å². The molecule has 0 amide bonds. The summed E-state index contributed by atoms with van der Waals surface area (Å²) in [5.41, 5.74) is -2.21. The second-order valence-corrected chi connectivity index (χ2v) is 4.67. The van der Waals surface area contributed by atoms with Crippen molar-refractivity contribution in [3.63, 3.8) is 0 Å². The molecule has 1 aromatic rings. The van der Waals surface area contributed by atoms with Gasteiger partial charge in [0.2, 0.25) is 10.0 Å². The highest BCUT2D eigenvalue weighted by molar-refractivity contribution is 7.89. The summed E-state index contributed by atoms with van der Waals surface area (Å²) >= 11 is 0. The van der Waals surface area contributed by atoms with Gasteiger partial charge in [-0.05, 0) is 6.07 Å². The summed E-state index contributed by atoms with van der Waals surface area (Å²) in [6.45, 7) is 0. The topological polar surface area (TPSA) is 56.1 Å². The Bertz CT molecular complexity index is 529. The van der Waals surface area contributed by atoms with Gasteiger partial charge in [0.25, 0.3) is 5.56 Å². The fourth-order valence-electron chi connectivity index (χ4n) is 0.894. The molecule has 0 bridgehead atoms. The summed E-state index contributed by atoms with van der Waals surface area (Å²) in [6.07, 6.45) is -3.77. The maximum absolute atomic E-state index is 12.2. The molecule has 1 heterocycles. The van der Waals surface area contributed by atoms with Gasteiger partial charge in [-0.25, -0.2) is 12.4 Å². The minimum atomic E-state index is -4.68. The van der Waals surface area contributed by atoms with Gasteiger partial charge in [-0.2, -0.15) is 13.2 Å². The Kier molecular flexibility index (Phi) is 2.64. The van der Waals surface area contributed by atoms with Crippen molar-refractivity contribution in [3.05, 3.63) is 34.2 Å². The molecule has 0 unspecified atom stereocenters. The van der Waals surface area contributed by atoms with Gasteiger partial charge in [0, 0.05) is 12.3 Å². The quantitative estimate of drug-likeness (QED) is 0.726. The lowest BCUT2D eigenvalue weighted by atomic mass is 10.3. The maximum Gasteiger partial charge on any atom is 0.417 e. The molecule has 1 rings (SSSR count). The summed E-state index contributed by atoms with van der Waals surface area (Å²) in [5, 5.41) is 0. The number of aromatic nitrogens is 1. The molecule has 0 fully saturated rings. The lowest BCUT2D eigenvalue weighted by molar-refractivity contribution is -0.137. The standard InChI is InChI=1S/C7H6F3NO3S/c1-15(13,14)11-4-5(7(8,9)10)2-3-6(11)12/h2-4H,1H3. The second kappa shape index (κ2) is 3.37. The van der Waals surface area contributed by atoms with Gasteiger partial charge in [-0.15, -0.1) is 0 Å². The molecule has 0 aromatic carbocycles. The molecule has 1 aromatic heterocycles. The zero-order valence-corrected chi connectivity index (χ0v) is 8.26. The number of hydrogen-bond donors (Lipinski definition) is 0. The first-order valence-corrected chi connectivity index (χ1v) is 5.47. The fraction of sp³-hybridized carbons (Fsp3) is 0.286. The predicted molar refractivity (Wildman–Crippen MR) is 45.9 cm³/mol. The number of rotatable bonds is 1. The van der Waals surface area contributed by atoms with Crippen molar-refractivity contribution in [1.29, 1.82) is 0 Å². The molecule has 0 saturated heterocycles. The van der Waals surface area contributed by atoms with Crippen LogP contribution in [-0.4, -0.2) is 18.6 Å². The lowest BCUT2D eigenvalue weighted by Gasteiger charge is -2.08. The van der Waals surface area contributed by atoms with Crippen LogP contribution in [0.25, 0.3) is 0 Å². The summed E-state index contributed by atoms with van der Waals surface area (Å²) in [5.74, 6) is 0. The van der Waals surface area contributed by atoms with Gasteiger partial charge in [0.1, 0.15) is 0 Å². The highest BCUT2D eigenvalue weighted by Gasteiger charge is 2.31. The highest BCUT2D eigenvalue weighted by Crippen LogP contribution is 2.28. The van der Waals surface area contributed by atoms with Crippen LogP contribution in [0, 0.1) is 0 Å². The first-order chi connectivity index (χ1) is 6.62. The molecule has 0 N–H and O–H groups in total. The van der Waals surface area contributed by atoms with Crippen LogP contribution in [0.1, 0.15) is 5.56 Å². The Morgan fingerprint density at radius 1 is 1.27 bits per heavy atom. The maximum atomic E-state index is 12.2. The second-order valence-electron chi connectivity index (χ2n) is 2.81. The van der Waals surface area contributed by atoms with Crippen LogP contribution >= 0.6 is 0 Å². The number of nitrogens with zero attached hydrogens (tertiary/aromatic N) is 1. The first kappa shape index (κ1) is 11.8. The molecule has 84 valence electrons. The van der Waals surface area contributed by atoms with Gasteiger partial charge in [0.15, 0.2) is 0 Å². The van der Waals surface area contributed by atoms with Crippen LogP contribution < -0.4 is 5.56 Å². The monoisotopic (exact) mass is 241 g/mol. The number of halogens is 3. The van der Waals surface area contributed by atoms with Crippen molar-refractivity contribution < 1.29 is 21.6 Å². The van der Waals surface area contributed by atoms with Crippen molar-refractivity contribution >= 4 is 10.0 Å². The normalized spacial score (nSPS) is 12.8. The van der Waals surface area contributed by atoms with E-state index in [0.29, 0.717) is 18.4 Å². The summed E-state index contributed by atoms with van der Waals surface area (Å²) in [7, 11) is -4.01. The molecule has 0 aliphatic heterocycles. The third kappa shape index (κ3) is 2.58. The van der Waals surface area contributed by atoms with Gasteiger partial charge >= 0.3 is 6.18 Å². The van der Waals surface area contributed by atoms with Gasteiger partial charge in [0.05, 0.1) is 11.8 Å². The van der Waals surface area contributed by atoms with Crippen LogP contribution in [0.15, 0.2) is 23.1 Å². The Morgan fingerprint density at radius 2 is 1.80 bits per heavy atom. The van der Waals surface area contributed by atoms with Crippen LogP contribution in [0.2, 0.25) is 0 Å². The smallest absolute Gasteiger partial charge is 0.268 e. The lowest BCUT2D eigenvalue weighted by Crippen LogP contribution is -2.26. The molecule has 4 nitrogen and oxygen atoms in total. The molecule has 0 spiro atoms. The third-order valence-electron chi connectivity index (χ3n) is 1.56. The summed E-state index contributed by atoms with van der Waals surface area (Å²) < 4.78 is 58.4. The van der Waals surface area contributed by atoms with E-state index in [9.17, 15) is 26.4 Å². The van der Waals surface area contributed by atoms with Crippen LogP contribution in [0.4, 0.5) is 13.2 Å². The number of alkyl halides is 3. The van der Waals surface area contributed by atoms with E-state index in [0.717, 1.165) is 0 Å². The van der Waals surface area contributed by atoms with E-state index in [-0.39, 0.29) is 10.2 Å². The molecule has 8 heteroatoms. The van der Waals surface area contributed by atoms with E-state index in [1.165, 1.54) is 0 Å². The molecule has 0 radical (unpaired) electrons. The zero-order valence-electron chi connectivity index (χ0n) is 7.45. The zero-order chi connectivity index (χ0) is 11.9. The van der Waals surface area contributed by atoms with Crippen molar-refractivity contribution in [1.82, 2.24) is 3.97 Å². The molecule has 0 aliphatic rings. The third-order valence-corrected chi connectivity index (χ3v) is 2.56. The van der Waals surface area contributed by atoms with Crippen molar-refractivity contribution in [2.75, 3.05) is 6.26 Å². The Morgan fingerprint density at radius 3 is 2.20 bits per heavy atom. The van der Waals surface area contributed by atoms with E-state index >= 15 is 0 Å². The van der Waals surface area contributed by atoms with E-state index in [4.69, 9.17) is 0 Å². The van der Waals surface area contributed by atoms with E-state index in [1.54, 1.807) is 0 Å². The van der Waals surface area contributed by atoms with Crippen molar-refractivity contribution in [2.24, 2.45) is 0 Å². The van der Waals surface area contributed by atoms with E-state index in [2.05, 4.69) is 0 Å². The first-order valence-electron chi connectivity index (χ1n) is 3.63. The Balaban J connectivity index is 3.50. The van der Waals surface area contributed by atoms with Crippen molar-refractivity contribution in [2.45, 2.75) is 6.18 Å². The molecular weight excluding hydrogens is 235 g/mol. The molecule has 0 atom stereocenters. The van der Waals surface area contributed by atoms with Crippen LogP contribution in [0.3, 0.4) is 0 Å². The predicted octanol–water partition coefficient (Wildman–Crippen LogP) is 0.675. The van der Waals surface area contributed by atoms with Gasteiger partial charge in [-0.1, -0.05) is 0 Å². The summed E-state index contributed by atoms with van der Waals surface area (Å²) in [4.78, 5) is 11.0. The van der Waals surface area contributed by atoms with Crippen LogP contribution in [0.5, 0.6) is 0 Å². The molecular formula is C7H6F3NO3S. The number of pyridine rings is 1. The largest absolute Gasteiger partial charge is 0.417 e. The molecule has 15 heavy (non-hydrogen) atoms. The Labute approximate surface area is 83.0 Å². The van der Waals surface area contributed by atoms with E-state index in [1.807, 2.05) is 0 Å². The average Bonchev–Trinajstić information content (AvgIpc) is 2.00. The highest BCUT2D eigenvalue weighted by atomic mass is 32.2. The average molecular weight is 241 g/mol. The molecule has 0 aliphatic carbocycles. The van der Waals surface area contributed by atoms with E-state index < -0.39 is 27.3 Å². The SMILES string of the molecule is CS(=O)(=O)n1cc(C(F)(F)F)ccc1=O. The summed E-state index contributed by atoms with van der Waals surface area (Å²) in [6, 6.07) is 1.09. The minimum Gasteiger partial charge on any atom is -0.268 e. The minimum absolute atomic E-state index is 0.0514. The number of hydrogen-bond acceptors (Lipinski definition) is 3. The van der Waals surface area contributed by atoms with Crippen molar-refractivity contribution in [3.8, 4) is 0 Å². The fourth-order valence-corrected chi connectivity index (χ4v) is 1.59.